The first-order chi connectivity index (χ1) is 8.36. The molecule has 0 aromatic rings. The van der Waals surface area contributed by atoms with E-state index in [0.717, 1.165) is 44.8 Å². The molecule has 1 amide bonds. The molecule has 2 N–H and O–H groups in total. The van der Waals surface area contributed by atoms with Gasteiger partial charge in [0.2, 0.25) is 5.91 Å². The Morgan fingerprint density at radius 2 is 2.00 bits per heavy atom. The number of hydrogen-bond acceptors (Lipinski definition) is 2. The molecule has 3 nitrogen and oxygen atoms in total. The molecule has 0 radical (unpaired) electrons. The third-order valence-corrected chi connectivity index (χ3v) is 4.23. The number of hydrogen-bond donors (Lipinski definition) is 2. The Balaban J connectivity index is 1.53. The molecule has 1 heterocycles. The lowest BCUT2D eigenvalue weighted by Gasteiger charge is -2.22. The molecule has 0 aromatic carbocycles. The number of amides is 1. The van der Waals surface area contributed by atoms with E-state index in [4.69, 9.17) is 0 Å². The number of carbonyl (C=O) groups excluding carboxylic acids is 1. The zero-order valence-corrected chi connectivity index (χ0v) is 10.8. The molecule has 0 bridgehead atoms. The highest BCUT2D eigenvalue weighted by Crippen LogP contribution is 2.28. The zero-order chi connectivity index (χ0) is 11.9. The second-order valence-corrected chi connectivity index (χ2v) is 5.63. The van der Waals surface area contributed by atoms with E-state index in [9.17, 15) is 4.79 Å². The van der Waals surface area contributed by atoms with Crippen LogP contribution in [0.15, 0.2) is 0 Å². The summed E-state index contributed by atoms with van der Waals surface area (Å²) in [5, 5.41) is 6.39. The molecule has 2 fully saturated rings. The van der Waals surface area contributed by atoms with Crippen LogP contribution >= 0.6 is 0 Å². The van der Waals surface area contributed by atoms with Crippen molar-refractivity contribution in [1.29, 1.82) is 0 Å². The van der Waals surface area contributed by atoms with Crippen LogP contribution in [-0.4, -0.2) is 25.5 Å². The average molecular weight is 238 g/mol. The molecule has 1 aliphatic carbocycles. The number of rotatable bonds is 5. The van der Waals surface area contributed by atoms with Gasteiger partial charge >= 0.3 is 0 Å². The summed E-state index contributed by atoms with van der Waals surface area (Å²) >= 11 is 0. The van der Waals surface area contributed by atoms with Crippen molar-refractivity contribution in [2.24, 2.45) is 11.8 Å². The Morgan fingerprint density at radius 1 is 1.18 bits per heavy atom. The summed E-state index contributed by atoms with van der Waals surface area (Å²) < 4.78 is 0. The first kappa shape index (κ1) is 12.9. The molecule has 2 aliphatic rings. The van der Waals surface area contributed by atoms with Gasteiger partial charge in [0, 0.05) is 13.1 Å². The van der Waals surface area contributed by atoms with E-state index in [1.807, 2.05) is 0 Å². The predicted octanol–water partition coefficient (Wildman–Crippen LogP) is 2.07. The molecule has 1 atom stereocenters. The smallest absolute Gasteiger partial charge is 0.224 e. The van der Waals surface area contributed by atoms with E-state index in [0.29, 0.717) is 0 Å². The largest absolute Gasteiger partial charge is 0.356 e. The van der Waals surface area contributed by atoms with Crippen LogP contribution in [-0.2, 0) is 4.79 Å². The lowest BCUT2D eigenvalue weighted by molar-refractivity contribution is -0.125. The van der Waals surface area contributed by atoms with Crippen LogP contribution in [0.3, 0.4) is 0 Å². The SMILES string of the molecule is O=C(NCCCC1CCCC1)[C@@H]1CCCNC1. The van der Waals surface area contributed by atoms with Gasteiger partial charge in [-0.15, -0.1) is 0 Å². The van der Waals surface area contributed by atoms with Gasteiger partial charge in [-0.2, -0.15) is 0 Å². The fraction of sp³-hybridized carbons (Fsp3) is 0.929. The summed E-state index contributed by atoms with van der Waals surface area (Å²) in [6.07, 6.45) is 10.3. The molecule has 17 heavy (non-hydrogen) atoms. The fourth-order valence-corrected chi connectivity index (χ4v) is 3.12. The molecule has 1 aliphatic heterocycles. The fourth-order valence-electron chi connectivity index (χ4n) is 3.12. The van der Waals surface area contributed by atoms with Crippen LogP contribution in [0.4, 0.5) is 0 Å². The number of piperidine rings is 1. The quantitative estimate of drug-likeness (QED) is 0.720. The zero-order valence-electron chi connectivity index (χ0n) is 10.8. The van der Waals surface area contributed by atoms with Crippen molar-refractivity contribution in [3.05, 3.63) is 0 Å². The minimum atomic E-state index is 0.218. The van der Waals surface area contributed by atoms with Gasteiger partial charge in [0.05, 0.1) is 5.92 Å². The summed E-state index contributed by atoms with van der Waals surface area (Å²) in [7, 11) is 0. The lowest BCUT2D eigenvalue weighted by Crippen LogP contribution is -2.40. The summed E-state index contributed by atoms with van der Waals surface area (Å²) in [4.78, 5) is 11.8. The van der Waals surface area contributed by atoms with Crippen molar-refractivity contribution < 1.29 is 4.79 Å². The van der Waals surface area contributed by atoms with Crippen molar-refractivity contribution in [3.8, 4) is 0 Å². The molecule has 1 saturated carbocycles. The van der Waals surface area contributed by atoms with Crippen molar-refractivity contribution in [2.75, 3.05) is 19.6 Å². The second kappa shape index (κ2) is 7.00. The maximum atomic E-state index is 11.8. The first-order valence-electron chi connectivity index (χ1n) is 7.34. The molecule has 98 valence electrons. The van der Waals surface area contributed by atoms with Crippen molar-refractivity contribution >= 4 is 5.91 Å². The standard InChI is InChI=1S/C14H26N2O/c17-14(13-8-4-9-15-11-13)16-10-3-7-12-5-1-2-6-12/h12-13,15H,1-11H2,(H,16,17)/t13-/m1/s1. The Labute approximate surface area is 105 Å². The van der Waals surface area contributed by atoms with Crippen LogP contribution in [0.2, 0.25) is 0 Å². The highest BCUT2D eigenvalue weighted by molar-refractivity contribution is 5.78. The van der Waals surface area contributed by atoms with Crippen molar-refractivity contribution in [2.45, 2.75) is 51.4 Å². The van der Waals surface area contributed by atoms with E-state index in [2.05, 4.69) is 10.6 Å². The second-order valence-electron chi connectivity index (χ2n) is 5.63. The van der Waals surface area contributed by atoms with E-state index in [1.54, 1.807) is 0 Å². The Morgan fingerprint density at radius 3 is 2.71 bits per heavy atom. The molecule has 0 aromatic heterocycles. The summed E-state index contributed by atoms with van der Waals surface area (Å²) in [5.74, 6) is 1.43. The lowest BCUT2D eigenvalue weighted by atomic mass is 9.98. The third kappa shape index (κ3) is 4.30. The van der Waals surface area contributed by atoms with Gasteiger partial charge in [0.15, 0.2) is 0 Å². The number of carbonyl (C=O) groups is 1. The van der Waals surface area contributed by atoms with Gasteiger partial charge in [-0.3, -0.25) is 4.79 Å². The van der Waals surface area contributed by atoms with E-state index in [1.165, 1.54) is 32.1 Å². The van der Waals surface area contributed by atoms with E-state index < -0.39 is 0 Å². The average Bonchev–Trinajstić information content (AvgIpc) is 2.88. The van der Waals surface area contributed by atoms with Gasteiger partial charge in [0.25, 0.3) is 0 Å². The van der Waals surface area contributed by atoms with Crippen molar-refractivity contribution in [1.82, 2.24) is 10.6 Å². The third-order valence-electron chi connectivity index (χ3n) is 4.23. The molecule has 2 rings (SSSR count). The highest BCUT2D eigenvalue weighted by Gasteiger charge is 2.20. The van der Waals surface area contributed by atoms with E-state index in [-0.39, 0.29) is 11.8 Å². The van der Waals surface area contributed by atoms with Crippen LogP contribution < -0.4 is 10.6 Å². The van der Waals surface area contributed by atoms with Crippen LogP contribution in [0.5, 0.6) is 0 Å². The van der Waals surface area contributed by atoms with E-state index >= 15 is 0 Å². The normalized spacial score (nSPS) is 26.0. The summed E-state index contributed by atoms with van der Waals surface area (Å²) in [6.45, 7) is 2.83. The van der Waals surface area contributed by atoms with Crippen LogP contribution in [0, 0.1) is 11.8 Å². The molecule has 0 unspecified atom stereocenters. The van der Waals surface area contributed by atoms with Crippen LogP contribution in [0.25, 0.3) is 0 Å². The Kier molecular flexibility index (Phi) is 5.30. The minimum Gasteiger partial charge on any atom is -0.356 e. The van der Waals surface area contributed by atoms with Gasteiger partial charge in [0.1, 0.15) is 0 Å². The summed E-state index contributed by atoms with van der Waals surface area (Å²) in [6, 6.07) is 0. The number of nitrogens with one attached hydrogen (secondary N) is 2. The highest BCUT2D eigenvalue weighted by atomic mass is 16.1. The van der Waals surface area contributed by atoms with Gasteiger partial charge in [-0.05, 0) is 38.1 Å². The van der Waals surface area contributed by atoms with Crippen molar-refractivity contribution in [3.63, 3.8) is 0 Å². The molecule has 1 saturated heterocycles. The molecule has 3 heteroatoms. The predicted molar refractivity (Wildman–Crippen MR) is 69.8 cm³/mol. The van der Waals surface area contributed by atoms with Gasteiger partial charge in [-0.1, -0.05) is 25.7 Å². The minimum absolute atomic E-state index is 0.218. The van der Waals surface area contributed by atoms with Crippen LogP contribution in [0.1, 0.15) is 51.4 Å². The topological polar surface area (TPSA) is 41.1 Å². The Hall–Kier alpha value is -0.570. The molecular weight excluding hydrogens is 212 g/mol. The monoisotopic (exact) mass is 238 g/mol. The Bertz CT molecular complexity index is 230. The molecule has 0 spiro atoms. The van der Waals surface area contributed by atoms with Gasteiger partial charge in [-0.25, -0.2) is 0 Å². The molecular formula is C14H26N2O. The maximum absolute atomic E-state index is 11.8. The summed E-state index contributed by atoms with van der Waals surface area (Å²) in [5.41, 5.74) is 0. The first-order valence-corrected chi connectivity index (χ1v) is 7.34. The maximum Gasteiger partial charge on any atom is 0.224 e. The van der Waals surface area contributed by atoms with Gasteiger partial charge < -0.3 is 10.6 Å².